The van der Waals surface area contributed by atoms with E-state index in [9.17, 15) is 4.79 Å². The zero-order chi connectivity index (χ0) is 14.1. The summed E-state index contributed by atoms with van der Waals surface area (Å²) in [5, 5.41) is 5.17. The summed E-state index contributed by atoms with van der Waals surface area (Å²) in [7, 11) is 1.74. The lowest BCUT2D eigenvalue weighted by Crippen LogP contribution is -2.15. The second-order valence-corrected chi connectivity index (χ2v) is 5.16. The molecule has 2 N–H and O–H groups in total. The van der Waals surface area contributed by atoms with Gasteiger partial charge < -0.3 is 14.9 Å². The molecule has 5 heteroatoms. The monoisotopic (exact) mass is 287 g/mol. The van der Waals surface area contributed by atoms with Crippen LogP contribution in [0.5, 0.6) is 0 Å². The second kappa shape index (κ2) is 5.06. The first-order chi connectivity index (χ1) is 9.63. The van der Waals surface area contributed by atoms with Gasteiger partial charge in [0.1, 0.15) is 0 Å². The molecule has 4 nitrogen and oxygen atoms in total. The maximum Gasteiger partial charge on any atom is 0.250 e. The van der Waals surface area contributed by atoms with Crippen molar-refractivity contribution in [3.05, 3.63) is 63.7 Å². The first-order valence-electron chi connectivity index (χ1n) is 6.29. The molecular weight excluding hydrogens is 274 g/mol. The molecule has 0 aliphatic carbocycles. The Morgan fingerprint density at radius 3 is 2.95 bits per heavy atom. The van der Waals surface area contributed by atoms with Crippen LogP contribution in [0.25, 0.3) is 10.9 Å². The van der Waals surface area contributed by atoms with Crippen LogP contribution in [-0.2, 0) is 13.6 Å². The van der Waals surface area contributed by atoms with Crippen LogP contribution in [0, 0.1) is 0 Å². The first kappa shape index (κ1) is 12.8. The highest BCUT2D eigenvalue weighted by Crippen LogP contribution is 2.22. The minimum absolute atomic E-state index is 0.0164. The van der Waals surface area contributed by atoms with E-state index in [4.69, 9.17) is 11.6 Å². The molecule has 0 amide bonds. The van der Waals surface area contributed by atoms with Gasteiger partial charge in [-0.05, 0) is 23.8 Å². The summed E-state index contributed by atoms with van der Waals surface area (Å²) in [6.45, 7) is 0.680. The fraction of sp³-hybridized carbons (Fsp3) is 0.133. The van der Waals surface area contributed by atoms with Gasteiger partial charge in [0.25, 0.3) is 0 Å². The topological polar surface area (TPSA) is 49.8 Å². The summed E-state index contributed by atoms with van der Waals surface area (Å²) >= 11 is 5.97. The third-order valence-electron chi connectivity index (χ3n) is 3.30. The number of nitrogens with one attached hydrogen (secondary N) is 2. The largest absolute Gasteiger partial charge is 0.380 e. The molecule has 2 heterocycles. The molecule has 2 aromatic heterocycles. The molecule has 0 unspecified atom stereocenters. The van der Waals surface area contributed by atoms with Crippen molar-refractivity contribution < 1.29 is 0 Å². The van der Waals surface area contributed by atoms with Gasteiger partial charge in [-0.15, -0.1) is 0 Å². The van der Waals surface area contributed by atoms with E-state index in [1.807, 2.05) is 24.4 Å². The lowest BCUT2D eigenvalue weighted by molar-refractivity contribution is 0.859. The van der Waals surface area contributed by atoms with Gasteiger partial charge in [0.2, 0.25) is 5.56 Å². The normalized spacial score (nSPS) is 10.9. The second-order valence-electron chi connectivity index (χ2n) is 4.72. The lowest BCUT2D eigenvalue weighted by Gasteiger charge is -2.07. The molecule has 20 heavy (non-hydrogen) atoms. The highest BCUT2D eigenvalue weighted by Gasteiger charge is 2.04. The maximum absolute atomic E-state index is 11.3. The molecule has 0 aliphatic rings. The number of hydrogen-bond donors (Lipinski definition) is 2. The van der Waals surface area contributed by atoms with Gasteiger partial charge in [0.15, 0.2) is 0 Å². The van der Waals surface area contributed by atoms with E-state index in [1.165, 1.54) is 0 Å². The standard InChI is InChI=1S/C15H14ClN3O/c1-19-9-12(3-5-15(19)20)17-7-10-8-18-14-6-11(16)2-4-13(10)14/h2-6,8-9,17-18H,7H2,1H3. The summed E-state index contributed by atoms with van der Waals surface area (Å²) < 4.78 is 1.55. The molecule has 0 atom stereocenters. The average molecular weight is 288 g/mol. The van der Waals surface area contributed by atoms with Crippen molar-refractivity contribution in [2.45, 2.75) is 6.54 Å². The van der Waals surface area contributed by atoms with Gasteiger partial charge in [-0.3, -0.25) is 4.79 Å². The van der Waals surface area contributed by atoms with Crippen LogP contribution in [0.2, 0.25) is 5.02 Å². The van der Waals surface area contributed by atoms with Crippen LogP contribution in [0.1, 0.15) is 5.56 Å². The van der Waals surface area contributed by atoms with E-state index in [1.54, 1.807) is 29.9 Å². The minimum Gasteiger partial charge on any atom is -0.380 e. The number of pyridine rings is 1. The zero-order valence-corrected chi connectivity index (χ0v) is 11.7. The molecule has 1 aromatic carbocycles. The van der Waals surface area contributed by atoms with Crippen LogP contribution in [0.3, 0.4) is 0 Å². The maximum atomic E-state index is 11.3. The van der Waals surface area contributed by atoms with Crippen molar-refractivity contribution in [2.75, 3.05) is 5.32 Å². The molecule has 3 aromatic rings. The molecule has 0 radical (unpaired) electrons. The third-order valence-corrected chi connectivity index (χ3v) is 3.53. The van der Waals surface area contributed by atoms with Crippen molar-refractivity contribution >= 4 is 28.2 Å². The zero-order valence-electron chi connectivity index (χ0n) is 11.0. The van der Waals surface area contributed by atoms with Crippen LogP contribution in [0.15, 0.2) is 47.5 Å². The average Bonchev–Trinajstić information content (AvgIpc) is 2.82. The van der Waals surface area contributed by atoms with Crippen molar-refractivity contribution in [2.24, 2.45) is 7.05 Å². The number of anilines is 1. The van der Waals surface area contributed by atoms with Crippen LogP contribution in [0.4, 0.5) is 5.69 Å². The number of benzene rings is 1. The van der Waals surface area contributed by atoms with Crippen molar-refractivity contribution in [3.63, 3.8) is 0 Å². The minimum atomic E-state index is -0.0164. The summed E-state index contributed by atoms with van der Waals surface area (Å²) in [5.41, 5.74) is 3.08. The van der Waals surface area contributed by atoms with Crippen molar-refractivity contribution in [1.29, 1.82) is 0 Å². The predicted molar refractivity (Wildman–Crippen MR) is 82.3 cm³/mol. The van der Waals surface area contributed by atoms with Crippen molar-refractivity contribution in [3.8, 4) is 0 Å². The Bertz CT molecular complexity index is 819. The molecule has 3 rings (SSSR count). The number of fused-ring (bicyclic) bond motifs is 1. The summed E-state index contributed by atoms with van der Waals surface area (Å²) in [4.78, 5) is 14.5. The molecule has 0 spiro atoms. The van der Waals surface area contributed by atoms with Crippen LogP contribution in [-0.4, -0.2) is 9.55 Å². The van der Waals surface area contributed by atoms with E-state index in [2.05, 4.69) is 10.3 Å². The Morgan fingerprint density at radius 2 is 2.15 bits per heavy atom. The summed E-state index contributed by atoms with van der Waals surface area (Å²) in [6, 6.07) is 9.14. The lowest BCUT2D eigenvalue weighted by atomic mass is 10.2. The third kappa shape index (κ3) is 2.42. The summed E-state index contributed by atoms with van der Waals surface area (Å²) in [6.07, 6.45) is 3.75. The van der Waals surface area contributed by atoms with E-state index < -0.39 is 0 Å². The summed E-state index contributed by atoms with van der Waals surface area (Å²) in [5.74, 6) is 0. The Hall–Kier alpha value is -2.20. The fourth-order valence-electron chi connectivity index (χ4n) is 2.20. The highest BCUT2D eigenvalue weighted by molar-refractivity contribution is 6.31. The van der Waals surface area contributed by atoms with Gasteiger partial charge in [-0.2, -0.15) is 0 Å². The van der Waals surface area contributed by atoms with E-state index >= 15 is 0 Å². The van der Waals surface area contributed by atoms with Gasteiger partial charge in [-0.25, -0.2) is 0 Å². The number of hydrogen-bond acceptors (Lipinski definition) is 2. The molecule has 0 fully saturated rings. The molecule has 0 bridgehead atoms. The number of aryl methyl sites for hydroxylation is 1. The van der Waals surface area contributed by atoms with E-state index in [0.29, 0.717) is 6.54 Å². The molecule has 0 aliphatic heterocycles. The van der Waals surface area contributed by atoms with Crippen LogP contribution < -0.4 is 10.9 Å². The fourth-order valence-corrected chi connectivity index (χ4v) is 2.37. The Morgan fingerprint density at radius 1 is 1.30 bits per heavy atom. The molecule has 0 saturated carbocycles. The van der Waals surface area contributed by atoms with Crippen molar-refractivity contribution in [1.82, 2.24) is 9.55 Å². The Balaban J connectivity index is 1.83. The van der Waals surface area contributed by atoms with Gasteiger partial charge >= 0.3 is 0 Å². The highest BCUT2D eigenvalue weighted by atomic mass is 35.5. The predicted octanol–water partition coefficient (Wildman–Crippen LogP) is 3.13. The molecule has 102 valence electrons. The number of nitrogens with zero attached hydrogens (tertiary/aromatic N) is 1. The smallest absolute Gasteiger partial charge is 0.250 e. The number of rotatable bonds is 3. The van der Waals surface area contributed by atoms with Gasteiger partial charge in [-0.1, -0.05) is 17.7 Å². The molecular formula is C15H14ClN3O. The Kier molecular flexibility index (Phi) is 3.24. The van der Waals surface area contributed by atoms with E-state index in [0.717, 1.165) is 27.2 Å². The van der Waals surface area contributed by atoms with Gasteiger partial charge in [0, 0.05) is 48.0 Å². The Labute approximate surface area is 121 Å². The van der Waals surface area contributed by atoms with E-state index in [-0.39, 0.29) is 5.56 Å². The number of halogens is 1. The SMILES string of the molecule is Cn1cc(NCc2c[nH]c3cc(Cl)ccc23)ccc1=O. The number of H-pyrrole nitrogens is 1. The quantitative estimate of drug-likeness (QED) is 0.777. The van der Waals surface area contributed by atoms with Crippen LogP contribution >= 0.6 is 11.6 Å². The van der Waals surface area contributed by atoms with Gasteiger partial charge in [0.05, 0.1) is 5.69 Å². The number of aromatic amines is 1. The first-order valence-corrected chi connectivity index (χ1v) is 6.67. The number of aromatic nitrogens is 2. The molecule has 0 saturated heterocycles.